The van der Waals surface area contributed by atoms with Crippen LogP contribution in [0.4, 0.5) is 5.69 Å². The molecule has 1 fully saturated rings. The highest BCUT2D eigenvalue weighted by Gasteiger charge is 2.39. The summed E-state index contributed by atoms with van der Waals surface area (Å²) >= 11 is 0. The van der Waals surface area contributed by atoms with Gasteiger partial charge < -0.3 is 0 Å². The van der Waals surface area contributed by atoms with Gasteiger partial charge in [-0.05, 0) is 35.7 Å². The van der Waals surface area contributed by atoms with Crippen molar-refractivity contribution in [3.63, 3.8) is 0 Å². The molecular weight excluding hydrogens is 330 g/mol. The van der Waals surface area contributed by atoms with E-state index in [1.165, 1.54) is 0 Å². The molecule has 0 aliphatic carbocycles. The minimum atomic E-state index is -0.778. The molecule has 2 N–H and O–H groups in total. The van der Waals surface area contributed by atoms with Crippen LogP contribution in [0.2, 0.25) is 0 Å². The summed E-state index contributed by atoms with van der Waals surface area (Å²) in [5.74, 6) is -0.651. The maximum atomic E-state index is 12.6. The maximum Gasteiger partial charge on any atom is 0.265 e. The van der Waals surface area contributed by atoms with Crippen LogP contribution in [0.25, 0.3) is 0 Å². The summed E-state index contributed by atoms with van der Waals surface area (Å²) in [5, 5.41) is 0. The van der Waals surface area contributed by atoms with E-state index in [1.807, 2.05) is 18.2 Å². The van der Waals surface area contributed by atoms with E-state index in [2.05, 4.69) is 24.7 Å². The van der Waals surface area contributed by atoms with Gasteiger partial charge in [-0.25, -0.2) is 10.3 Å². The Morgan fingerprint density at radius 1 is 1.04 bits per heavy atom. The van der Waals surface area contributed by atoms with Gasteiger partial charge in [0.1, 0.15) is 6.04 Å². The van der Waals surface area contributed by atoms with Gasteiger partial charge in [0, 0.05) is 5.56 Å². The van der Waals surface area contributed by atoms with Gasteiger partial charge >= 0.3 is 0 Å². The first-order chi connectivity index (χ1) is 12.5. The summed E-state index contributed by atoms with van der Waals surface area (Å²) in [5.41, 5.74) is 7.33. The first-order valence-corrected chi connectivity index (χ1v) is 8.55. The fraction of sp³-hybridized carbons (Fsp3) is 0.250. The van der Waals surface area contributed by atoms with Gasteiger partial charge in [0.2, 0.25) is 5.91 Å². The summed E-state index contributed by atoms with van der Waals surface area (Å²) < 4.78 is 0. The first kappa shape index (κ1) is 17.8. The fourth-order valence-electron chi connectivity index (χ4n) is 2.84. The minimum Gasteiger partial charge on any atom is -0.287 e. The third kappa shape index (κ3) is 3.65. The molecular formula is C20H21N3O3. The third-order valence-corrected chi connectivity index (χ3v) is 4.36. The molecule has 0 spiro atoms. The zero-order valence-electron chi connectivity index (χ0n) is 14.7. The maximum absolute atomic E-state index is 12.6. The number of hydrogen-bond donors (Lipinski definition) is 2. The number of benzene rings is 2. The van der Waals surface area contributed by atoms with Crippen LogP contribution >= 0.6 is 0 Å². The van der Waals surface area contributed by atoms with Crippen LogP contribution in [-0.2, 0) is 9.59 Å². The summed E-state index contributed by atoms with van der Waals surface area (Å²) in [7, 11) is 0. The Kier molecular flexibility index (Phi) is 5.14. The highest BCUT2D eigenvalue weighted by atomic mass is 16.2. The molecule has 0 radical (unpaired) electrons. The zero-order chi connectivity index (χ0) is 18.7. The molecule has 6 heteroatoms. The Labute approximate surface area is 152 Å². The fourth-order valence-corrected chi connectivity index (χ4v) is 2.84. The van der Waals surface area contributed by atoms with Crippen molar-refractivity contribution in [2.75, 3.05) is 4.90 Å². The number of amides is 3. The Morgan fingerprint density at radius 3 is 2.31 bits per heavy atom. The summed E-state index contributed by atoms with van der Waals surface area (Å²) in [6.07, 6.45) is -0.000164. The normalized spacial score (nSPS) is 17.0. The molecule has 0 aromatic heterocycles. The number of hydrazine groups is 1. The molecule has 1 aliphatic rings. The SMILES string of the molecule is CC(C)c1ccc(N2C(=O)C[C@@H](NNC(=O)c3ccccc3)C2=O)cc1. The lowest BCUT2D eigenvalue weighted by molar-refractivity contribution is -0.121. The summed E-state index contributed by atoms with van der Waals surface area (Å²) in [6.45, 7) is 4.16. The lowest BCUT2D eigenvalue weighted by Crippen LogP contribution is -2.48. The van der Waals surface area contributed by atoms with E-state index in [0.29, 0.717) is 17.2 Å². The number of carbonyl (C=O) groups is 3. The lowest BCUT2D eigenvalue weighted by atomic mass is 10.0. The molecule has 0 unspecified atom stereocenters. The number of nitrogens with zero attached hydrogens (tertiary/aromatic N) is 1. The van der Waals surface area contributed by atoms with E-state index in [9.17, 15) is 14.4 Å². The molecule has 3 rings (SSSR count). The highest BCUT2D eigenvalue weighted by Crippen LogP contribution is 2.25. The van der Waals surface area contributed by atoms with Crippen molar-refractivity contribution in [3.05, 3.63) is 65.7 Å². The largest absolute Gasteiger partial charge is 0.287 e. The van der Waals surface area contributed by atoms with Crippen LogP contribution in [0.3, 0.4) is 0 Å². The molecule has 1 heterocycles. The van der Waals surface area contributed by atoms with Crippen molar-refractivity contribution < 1.29 is 14.4 Å². The molecule has 2 aromatic carbocycles. The standard InChI is InChI=1S/C20H21N3O3/c1-13(2)14-8-10-16(11-9-14)23-18(24)12-17(20(23)26)21-22-19(25)15-6-4-3-5-7-15/h3-11,13,17,21H,12H2,1-2H3,(H,22,25)/t17-/m1/s1. The molecule has 2 aromatic rings. The lowest BCUT2D eigenvalue weighted by Gasteiger charge is -2.17. The van der Waals surface area contributed by atoms with Crippen LogP contribution in [0.1, 0.15) is 42.1 Å². The first-order valence-electron chi connectivity index (χ1n) is 8.55. The number of rotatable bonds is 5. The smallest absolute Gasteiger partial charge is 0.265 e. The average Bonchev–Trinajstić information content (AvgIpc) is 2.94. The van der Waals surface area contributed by atoms with Crippen molar-refractivity contribution in [1.82, 2.24) is 10.9 Å². The van der Waals surface area contributed by atoms with Gasteiger partial charge in [0.25, 0.3) is 11.8 Å². The van der Waals surface area contributed by atoms with E-state index in [4.69, 9.17) is 0 Å². The Balaban J connectivity index is 1.66. The molecule has 3 amide bonds. The number of carbonyl (C=O) groups excluding carboxylic acids is 3. The van der Waals surface area contributed by atoms with Crippen LogP contribution in [0, 0.1) is 0 Å². The highest BCUT2D eigenvalue weighted by molar-refractivity contribution is 6.22. The molecule has 0 bridgehead atoms. The van der Waals surface area contributed by atoms with Crippen LogP contribution < -0.4 is 15.8 Å². The average molecular weight is 351 g/mol. The number of nitrogens with one attached hydrogen (secondary N) is 2. The summed E-state index contributed by atoms with van der Waals surface area (Å²) in [6, 6.07) is 15.3. The number of anilines is 1. The topological polar surface area (TPSA) is 78.5 Å². The number of imide groups is 1. The Morgan fingerprint density at radius 2 is 1.69 bits per heavy atom. The van der Waals surface area contributed by atoms with Crippen LogP contribution in [0.5, 0.6) is 0 Å². The molecule has 0 saturated carbocycles. The van der Waals surface area contributed by atoms with Gasteiger partial charge in [-0.3, -0.25) is 19.8 Å². The van der Waals surface area contributed by atoms with Crippen molar-refractivity contribution in [1.29, 1.82) is 0 Å². The van der Waals surface area contributed by atoms with Crippen molar-refractivity contribution in [3.8, 4) is 0 Å². The quantitative estimate of drug-likeness (QED) is 0.640. The van der Waals surface area contributed by atoms with Gasteiger partial charge in [0.05, 0.1) is 12.1 Å². The van der Waals surface area contributed by atoms with E-state index in [0.717, 1.165) is 10.5 Å². The van der Waals surface area contributed by atoms with Crippen LogP contribution in [-0.4, -0.2) is 23.8 Å². The molecule has 1 saturated heterocycles. The van der Waals surface area contributed by atoms with Crippen LogP contribution in [0.15, 0.2) is 54.6 Å². The van der Waals surface area contributed by atoms with Crippen molar-refractivity contribution in [2.45, 2.75) is 32.2 Å². The molecule has 1 aliphatic heterocycles. The van der Waals surface area contributed by atoms with Gasteiger partial charge in [0.15, 0.2) is 0 Å². The Bertz CT molecular complexity index is 816. The second-order valence-electron chi connectivity index (χ2n) is 6.53. The van der Waals surface area contributed by atoms with Gasteiger partial charge in [-0.15, -0.1) is 0 Å². The molecule has 26 heavy (non-hydrogen) atoms. The van der Waals surface area contributed by atoms with Crippen molar-refractivity contribution in [2.24, 2.45) is 0 Å². The second-order valence-corrected chi connectivity index (χ2v) is 6.53. The molecule has 1 atom stereocenters. The third-order valence-electron chi connectivity index (χ3n) is 4.36. The predicted molar refractivity (Wildman–Crippen MR) is 98.5 cm³/mol. The van der Waals surface area contributed by atoms with E-state index < -0.39 is 6.04 Å². The van der Waals surface area contributed by atoms with Crippen molar-refractivity contribution >= 4 is 23.4 Å². The van der Waals surface area contributed by atoms with E-state index >= 15 is 0 Å². The van der Waals surface area contributed by atoms with E-state index in [-0.39, 0.29) is 24.1 Å². The monoisotopic (exact) mass is 351 g/mol. The minimum absolute atomic E-state index is 0.000164. The number of hydrogen-bond acceptors (Lipinski definition) is 4. The zero-order valence-corrected chi connectivity index (χ0v) is 14.7. The summed E-state index contributed by atoms with van der Waals surface area (Å²) in [4.78, 5) is 38.1. The van der Waals surface area contributed by atoms with Gasteiger partial charge in [-0.2, -0.15) is 0 Å². The Hall–Kier alpha value is -2.99. The van der Waals surface area contributed by atoms with E-state index in [1.54, 1.807) is 36.4 Å². The second kappa shape index (κ2) is 7.49. The molecule has 134 valence electrons. The predicted octanol–water partition coefficient (Wildman–Crippen LogP) is 2.38. The molecule has 6 nitrogen and oxygen atoms in total. The van der Waals surface area contributed by atoms with Gasteiger partial charge in [-0.1, -0.05) is 44.2 Å².